The Labute approximate surface area is 180 Å². The standard InChI is InChI=1S/C23H31N3O2.ClH/c1-16(27)25(2)20-6-3-17(4-7-20)9-10-26-13-19-15-28-23-8-5-18(12-24)11-21(23)22(19)14-26;/h5,8,11,17,19-20,22H,3-4,6-7,9-10,13-15H2,1-2H3;1H/t17?,19-,20?,22+;/m0./s1. The van der Waals surface area contributed by atoms with Crippen LogP contribution in [0.3, 0.4) is 0 Å². The topological polar surface area (TPSA) is 56.6 Å². The third-order valence-electron chi connectivity index (χ3n) is 7.22. The molecule has 0 bridgehead atoms. The van der Waals surface area contributed by atoms with Gasteiger partial charge in [0.2, 0.25) is 5.91 Å². The Kier molecular flexibility index (Phi) is 7.08. The molecule has 1 aromatic carbocycles. The first-order valence-corrected chi connectivity index (χ1v) is 10.7. The van der Waals surface area contributed by atoms with Gasteiger partial charge in [-0.3, -0.25) is 4.79 Å². The van der Waals surface area contributed by atoms with E-state index in [4.69, 9.17) is 4.74 Å². The smallest absolute Gasteiger partial charge is 0.219 e. The average molecular weight is 418 g/mol. The number of carbonyl (C=O) groups is 1. The quantitative estimate of drug-likeness (QED) is 0.747. The number of likely N-dealkylation sites (tertiary alicyclic amines) is 1. The van der Waals surface area contributed by atoms with Gasteiger partial charge in [-0.1, -0.05) is 0 Å². The highest BCUT2D eigenvalue weighted by atomic mass is 35.5. The highest BCUT2D eigenvalue weighted by Crippen LogP contribution is 2.42. The van der Waals surface area contributed by atoms with Crippen LogP contribution in [0, 0.1) is 23.2 Å². The number of hydrogen-bond donors (Lipinski definition) is 0. The Morgan fingerprint density at radius 1 is 1.28 bits per heavy atom. The van der Waals surface area contributed by atoms with Crippen LogP contribution >= 0.6 is 12.4 Å². The van der Waals surface area contributed by atoms with Gasteiger partial charge in [-0.05, 0) is 62.8 Å². The number of amides is 1. The zero-order chi connectivity index (χ0) is 19.7. The first-order valence-electron chi connectivity index (χ1n) is 10.7. The molecule has 4 rings (SSSR count). The van der Waals surface area contributed by atoms with Crippen molar-refractivity contribution in [2.45, 2.75) is 51.0 Å². The molecule has 0 radical (unpaired) electrons. The van der Waals surface area contributed by atoms with E-state index in [1.807, 2.05) is 30.1 Å². The molecule has 1 aromatic rings. The lowest BCUT2D eigenvalue weighted by Crippen LogP contribution is -2.38. The summed E-state index contributed by atoms with van der Waals surface area (Å²) in [7, 11) is 1.94. The second-order valence-corrected chi connectivity index (χ2v) is 8.89. The molecule has 0 N–H and O–H groups in total. The Morgan fingerprint density at radius 3 is 2.72 bits per heavy atom. The van der Waals surface area contributed by atoms with Crippen LogP contribution in [0.15, 0.2) is 18.2 Å². The molecule has 5 nitrogen and oxygen atoms in total. The van der Waals surface area contributed by atoms with Gasteiger partial charge >= 0.3 is 0 Å². The number of benzene rings is 1. The second-order valence-electron chi connectivity index (χ2n) is 8.89. The summed E-state index contributed by atoms with van der Waals surface area (Å²) in [6.45, 7) is 5.79. The molecular formula is C23H32ClN3O2. The van der Waals surface area contributed by atoms with Gasteiger partial charge < -0.3 is 14.5 Å². The van der Waals surface area contributed by atoms with E-state index in [0.717, 1.165) is 56.3 Å². The minimum absolute atomic E-state index is 0. The van der Waals surface area contributed by atoms with Crippen LogP contribution in [-0.2, 0) is 4.79 Å². The molecule has 0 aromatic heterocycles. The fourth-order valence-corrected chi connectivity index (χ4v) is 5.34. The number of halogens is 1. The molecule has 158 valence electrons. The van der Waals surface area contributed by atoms with Gasteiger partial charge in [0.1, 0.15) is 5.75 Å². The summed E-state index contributed by atoms with van der Waals surface area (Å²) >= 11 is 0. The largest absolute Gasteiger partial charge is 0.493 e. The predicted octanol–water partition coefficient (Wildman–Crippen LogP) is 3.82. The maximum Gasteiger partial charge on any atom is 0.219 e. The molecule has 1 aliphatic carbocycles. The highest BCUT2D eigenvalue weighted by molar-refractivity contribution is 5.85. The van der Waals surface area contributed by atoms with Crippen molar-refractivity contribution in [2.24, 2.45) is 11.8 Å². The maximum atomic E-state index is 11.6. The third-order valence-corrected chi connectivity index (χ3v) is 7.22. The van der Waals surface area contributed by atoms with Crippen molar-refractivity contribution in [1.29, 1.82) is 5.26 Å². The van der Waals surface area contributed by atoms with Crippen LogP contribution in [-0.4, -0.2) is 55.0 Å². The van der Waals surface area contributed by atoms with Crippen LogP contribution in [0.25, 0.3) is 0 Å². The monoisotopic (exact) mass is 417 g/mol. The molecular weight excluding hydrogens is 386 g/mol. The van der Waals surface area contributed by atoms with Crippen molar-refractivity contribution in [3.63, 3.8) is 0 Å². The molecule has 29 heavy (non-hydrogen) atoms. The normalized spacial score (nSPS) is 28.3. The van der Waals surface area contributed by atoms with Gasteiger partial charge in [0.05, 0.1) is 18.2 Å². The lowest BCUT2D eigenvalue weighted by molar-refractivity contribution is -0.130. The fourth-order valence-electron chi connectivity index (χ4n) is 5.34. The summed E-state index contributed by atoms with van der Waals surface area (Å²) < 4.78 is 5.96. The van der Waals surface area contributed by atoms with Crippen molar-refractivity contribution >= 4 is 18.3 Å². The molecule has 0 unspecified atom stereocenters. The molecule has 2 fully saturated rings. The SMILES string of the molecule is CC(=O)N(C)C1CCC(CCN2C[C@H]3COc4ccc(C#N)cc4[C@@H]3C2)CC1.Cl. The molecule has 0 spiro atoms. The zero-order valence-corrected chi connectivity index (χ0v) is 18.3. The Morgan fingerprint density at radius 2 is 2.03 bits per heavy atom. The van der Waals surface area contributed by atoms with E-state index >= 15 is 0 Å². The van der Waals surface area contributed by atoms with E-state index in [1.165, 1.54) is 24.8 Å². The number of nitrogens with zero attached hydrogens (tertiary/aromatic N) is 3. The van der Waals surface area contributed by atoms with E-state index in [0.29, 0.717) is 17.9 Å². The lowest BCUT2D eigenvalue weighted by atomic mass is 9.83. The van der Waals surface area contributed by atoms with Gasteiger partial charge in [0, 0.05) is 50.5 Å². The number of carbonyl (C=O) groups excluding carboxylic acids is 1. The van der Waals surface area contributed by atoms with Crippen LogP contribution in [0.1, 0.15) is 56.1 Å². The van der Waals surface area contributed by atoms with E-state index in [2.05, 4.69) is 11.0 Å². The molecule has 1 saturated carbocycles. The van der Waals surface area contributed by atoms with Gasteiger partial charge in [-0.15, -0.1) is 12.4 Å². The molecule has 2 atom stereocenters. The van der Waals surface area contributed by atoms with E-state index in [1.54, 1.807) is 6.92 Å². The molecule has 1 amide bonds. The number of fused-ring (bicyclic) bond motifs is 3. The second kappa shape index (κ2) is 9.36. The summed E-state index contributed by atoms with van der Waals surface area (Å²) in [5.41, 5.74) is 1.96. The number of hydrogen-bond acceptors (Lipinski definition) is 4. The summed E-state index contributed by atoms with van der Waals surface area (Å²) in [6, 6.07) is 8.54. The van der Waals surface area contributed by atoms with Crippen LogP contribution in [0.2, 0.25) is 0 Å². The number of nitriles is 1. The number of ether oxygens (including phenoxy) is 1. The summed E-state index contributed by atoms with van der Waals surface area (Å²) in [6.07, 6.45) is 6.01. The summed E-state index contributed by atoms with van der Waals surface area (Å²) in [4.78, 5) is 16.1. The summed E-state index contributed by atoms with van der Waals surface area (Å²) in [5, 5.41) is 9.22. The first-order chi connectivity index (χ1) is 13.5. The molecule has 1 saturated heterocycles. The summed E-state index contributed by atoms with van der Waals surface area (Å²) in [5.74, 6) is 2.98. The number of rotatable bonds is 4. The van der Waals surface area contributed by atoms with E-state index in [-0.39, 0.29) is 18.3 Å². The van der Waals surface area contributed by atoms with Gasteiger partial charge in [0.15, 0.2) is 0 Å². The van der Waals surface area contributed by atoms with Crippen molar-refractivity contribution in [3.8, 4) is 11.8 Å². The molecule has 2 aliphatic heterocycles. The van der Waals surface area contributed by atoms with Crippen molar-refractivity contribution < 1.29 is 9.53 Å². The Hall–Kier alpha value is -1.77. The predicted molar refractivity (Wildman–Crippen MR) is 115 cm³/mol. The highest BCUT2D eigenvalue weighted by Gasteiger charge is 2.39. The van der Waals surface area contributed by atoms with Crippen LogP contribution < -0.4 is 4.74 Å². The van der Waals surface area contributed by atoms with Gasteiger partial charge in [-0.25, -0.2) is 0 Å². The lowest BCUT2D eigenvalue weighted by Gasteiger charge is -2.34. The first kappa shape index (κ1) is 21.9. The van der Waals surface area contributed by atoms with Crippen molar-refractivity contribution in [3.05, 3.63) is 29.3 Å². The van der Waals surface area contributed by atoms with Crippen molar-refractivity contribution in [2.75, 3.05) is 33.3 Å². The molecule has 3 aliphatic rings. The average Bonchev–Trinajstić information content (AvgIpc) is 3.15. The van der Waals surface area contributed by atoms with E-state index < -0.39 is 0 Å². The Balaban J connectivity index is 0.00000240. The van der Waals surface area contributed by atoms with Crippen LogP contribution in [0.4, 0.5) is 0 Å². The molecule has 6 heteroatoms. The molecule has 2 heterocycles. The van der Waals surface area contributed by atoms with Gasteiger partial charge in [-0.2, -0.15) is 5.26 Å². The zero-order valence-electron chi connectivity index (χ0n) is 17.5. The minimum atomic E-state index is 0. The maximum absolute atomic E-state index is 11.6. The third kappa shape index (κ3) is 4.70. The van der Waals surface area contributed by atoms with Gasteiger partial charge in [0.25, 0.3) is 0 Å². The van der Waals surface area contributed by atoms with E-state index in [9.17, 15) is 10.1 Å². The Bertz CT molecular complexity index is 770. The van der Waals surface area contributed by atoms with Crippen molar-refractivity contribution in [1.82, 2.24) is 9.80 Å². The van der Waals surface area contributed by atoms with Crippen LogP contribution in [0.5, 0.6) is 5.75 Å². The fraction of sp³-hybridized carbons (Fsp3) is 0.652. The minimum Gasteiger partial charge on any atom is -0.493 e.